The summed E-state index contributed by atoms with van der Waals surface area (Å²) in [6, 6.07) is 8.74. The van der Waals surface area contributed by atoms with Gasteiger partial charge >= 0.3 is 11.9 Å². The fraction of sp³-hybridized carbons (Fsp3) is 0.278. The number of para-hydroxylation sites is 1. The van der Waals surface area contributed by atoms with Gasteiger partial charge < -0.3 is 19.1 Å². The Hall–Kier alpha value is -3.94. The average Bonchev–Trinajstić information content (AvgIpc) is 3.26. The zero-order valence-electron chi connectivity index (χ0n) is 16.9. The Balaban J connectivity index is 1.36. The number of anilines is 1. The van der Waals surface area contributed by atoms with Crippen LogP contribution in [0.15, 0.2) is 55.2 Å². The van der Waals surface area contributed by atoms with Crippen molar-refractivity contribution in [1.82, 2.24) is 15.2 Å². The van der Waals surface area contributed by atoms with Crippen molar-refractivity contribution in [3.8, 4) is 0 Å². The molecule has 1 fully saturated rings. The Morgan fingerprint density at radius 1 is 1.22 bits per heavy atom. The highest BCUT2D eigenvalue weighted by atomic mass is 32.2. The Bertz CT molecular complexity index is 1210. The van der Waals surface area contributed by atoms with Crippen LogP contribution in [0.1, 0.15) is 5.76 Å². The van der Waals surface area contributed by atoms with Crippen LogP contribution in [0.4, 0.5) is 16.4 Å². The Labute approximate surface area is 182 Å². The topological polar surface area (TPSA) is 154 Å². The van der Waals surface area contributed by atoms with Crippen LogP contribution in [0.25, 0.3) is 0 Å². The molecule has 1 saturated heterocycles. The third-order valence-electron chi connectivity index (χ3n) is 5.00. The smallest absolute Gasteiger partial charge is 0.400 e. The zero-order chi connectivity index (χ0) is 22.9. The van der Waals surface area contributed by atoms with Crippen molar-refractivity contribution in [2.75, 3.05) is 38.1 Å². The molecule has 0 atom stereocenters. The standard InChI is InChI=1S/C18H19N7O6S/c1-22-14-4-2-3-5-15(14)32(29,30)21-17(22)23-8-10-24(11-9-23)18(26)20-19-12-13-6-7-16(31-13)25(27)28/h2-7,12H,8-11H2,1H3,(H,20,26)/b19-12+. The number of benzene rings is 1. The molecule has 0 unspecified atom stereocenters. The number of hydrogen-bond donors (Lipinski definition) is 1. The van der Waals surface area contributed by atoms with E-state index in [-0.39, 0.29) is 10.7 Å². The zero-order valence-corrected chi connectivity index (χ0v) is 17.7. The first-order valence-electron chi connectivity index (χ1n) is 9.51. The first-order valence-corrected chi connectivity index (χ1v) is 10.9. The van der Waals surface area contributed by atoms with Crippen molar-refractivity contribution < 1.29 is 22.6 Å². The molecule has 0 spiro atoms. The average molecular weight is 461 g/mol. The van der Waals surface area contributed by atoms with E-state index in [0.717, 1.165) is 6.21 Å². The maximum absolute atomic E-state index is 12.5. The quantitative estimate of drug-likeness (QED) is 0.404. The SMILES string of the molecule is CN1C(N2CCN(C(=O)N/N=C/c3ccc([N+](=O)[O-])o3)CC2)=NS(=O)(=O)c2ccccc21. The molecule has 2 aliphatic rings. The third-order valence-corrected chi connectivity index (χ3v) is 6.31. The summed E-state index contributed by atoms with van der Waals surface area (Å²) in [5.74, 6) is 0.0111. The van der Waals surface area contributed by atoms with Crippen LogP contribution in [-0.4, -0.2) is 74.6 Å². The molecule has 2 aliphatic heterocycles. The molecular formula is C18H19N7O6S. The van der Waals surface area contributed by atoms with Gasteiger partial charge in [-0.15, -0.1) is 4.40 Å². The van der Waals surface area contributed by atoms with Crippen LogP contribution in [0, 0.1) is 10.1 Å². The van der Waals surface area contributed by atoms with E-state index < -0.39 is 26.9 Å². The van der Waals surface area contributed by atoms with E-state index in [1.807, 2.05) is 4.90 Å². The van der Waals surface area contributed by atoms with Gasteiger partial charge in [0.25, 0.3) is 10.0 Å². The Morgan fingerprint density at radius 3 is 2.62 bits per heavy atom. The number of sulfonamides is 1. The highest BCUT2D eigenvalue weighted by Gasteiger charge is 2.33. The molecule has 0 radical (unpaired) electrons. The summed E-state index contributed by atoms with van der Waals surface area (Å²) in [6.45, 7) is 1.40. The van der Waals surface area contributed by atoms with Gasteiger partial charge in [-0.1, -0.05) is 12.1 Å². The van der Waals surface area contributed by atoms with Gasteiger partial charge in [-0.3, -0.25) is 10.1 Å². The van der Waals surface area contributed by atoms with Crippen molar-refractivity contribution in [2.45, 2.75) is 4.90 Å². The van der Waals surface area contributed by atoms with Gasteiger partial charge in [0.15, 0.2) is 5.76 Å². The summed E-state index contributed by atoms with van der Waals surface area (Å²) in [5, 5.41) is 14.3. The van der Waals surface area contributed by atoms with Gasteiger partial charge in [0.05, 0.1) is 18.0 Å². The lowest BCUT2D eigenvalue weighted by Crippen LogP contribution is -2.56. The molecule has 14 heteroatoms. The molecule has 1 N–H and O–H groups in total. The molecule has 3 heterocycles. The minimum atomic E-state index is -3.80. The number of carbonyl (C=O) groups excluding carboxylic acids is 1. The molecule has 1 aromatic carbocycles. The Kier molecular flexibility index (Phi) is 5.52. The van der Waals surface area contributed by atoms with Crippen molar-refractivity contribution in [3.63, 3.8) is 0 Å². The van der Waals surface area contributed by atoms with E-state index in [1.54, 1.807) is 30.1 Å². The van der Waals surface area contributed by atoms with Gasteiger partial charge in [-0.25, -0.2) is 10.2 Å². The van der Waals surface area contributed by atoms with Gasteiger partial charge in [0.1, 0.15) is 9.82 Å². The highest BCUT2D eigenvalue weighted by molar-refractivity contribution is 7.90. The predicted molar refractivity (Wildman–Crippen MR) is 114 cm³/mol. The Morgan fingerprint density at radius 2 is 1.94 bits per heavy atom. The predicted octanol–water partition coefficient (Wildman–Crippen LogP) is 1.04. The second kappa shape index (κ2) is 8.30. The number of hydrazone groups is 1. The summed E-state index contributed by atoms with van der Waals surface area (Å²) in [6.07, 6.45) is 1.16. The van der Waals surface area contributed by atoms with Gasteiger partial charge in [-0.2, -0.15) is 13.5 Å². The van der Waals surface area contributed by atoms with Crippen LogP contribution in [0.3, 0.4) is 0 Å². The summed E-state index contributed by atoms with van der Waals surface area (Å²) in [7, 11) is -2.05. The number of nitro groups is 1. The van der Waals surface area contributed by atoms with Gasteiger partial charge in [-0.05, 0) is 18.2 Å². The lowest BCUT2D eigenvalue weighted by atomic mass is 10.3. The molecule has 0 saturated carbocycles. The number of urea groups is 1. The third kappa shape index (κ3) is 4.12. The number of nitrogens with one attached hydrogen (secondary N) is 1. The molecule has 2 aromatic rings. The van der Waals surface area contributed by atoms with Gasteiger partial charge in [0.2, 0.25) is 5.96 Å². The van der Waals surface area contributed by atoms with Crippen LogP contribution in [0.5, 0.6) is 0 Å². The number of nitrogens with zero attached hydrogens (tertiary/aromatic N) is 6. The molecule has 0 bridgehead atoms. The summed E-state index contributed by atoms with van der Waals surface area (Å²) < 4.78 is 34.0. The first kappa shape index (κ1) is 21.3. The van der Waals surface area contributed by atoms with Crippen LogP contribution >= 0.6 is 0 Å². The minimum absolute atomic E-state index is 0.127. The lowest BCUT2D eigenvalue weighted by Gasteiger charge is -2.39. The number of amides is 2. The maximum Gasteiger partial charge on any atom is 0.433 e. The van der Waals surface area contributed by atoms with E-state index >= 15 is 0 Å². The molecular weight excluding hydrogens is 442 g/mol. The highest BCUT2D eigenvalue weighted by Crippen LogP contribution is 2.31. The lowest BCUT2D eigenvalue weighted by molar-refractivity contribution is -0.402. The first-order chi connectivity index (χ1) is 15.3. The molecule has 4 rings (SSSR count). The minimum Gasteiger partial charge on any atom is -0.400 e. The van der Waals surface area contributed by atoms with E-state index in [1.165, 1.54) is 23.1 Å². The normalized spacial score (nSPS) is 17.8. The molecule has 2 amide bonds. The second-order valence-electron chi connectivity index (χ2n) is 6.98. The number of rotatable bonds is 3. The van der Waals surface area contributed by atoms with E-state index in [9.17, 15) is 23.3 Å². The monoisotopic (exact) mass is 461 g/mol. The molecule has 13 nitrogen and oxygen atoms in total. The van der Waals surface area contributed by atoms with E-state index in [0.29, 0.717) is 37.8 Å². The van der Waals surface area contributed by atoms with Crippen molar-refractivity contribution >= 4 is 39.8 Å². The van der Waals surface area contributed by atoms with Crippen LogP contribution in [-0.2, 0) is 10.0 Å². The van der Waals surface area contributed by atoms with Crippen molar-refractivity contribution in [2.24, 2.45) is 9.50 Å². The van der Waals surface area contributed by atoms with Gasteiger partial charge in [0, 0.05) is 33.2 Å². The number of fused-ring (bicyclic) bond motifs is 1. The fourth-order valence-corrected chi connectivity index (χ4v) is 4.66. The van der Waals surface area contributed by atoms with Crippen molar-refractivity contribution in [3.05, 3.63) is 52.3 Å². The second-order valence-corrected chi connectivity index (χ2v) is 8.55. The maximum atomic E-state index is 12.5. The van der Waals surface area contributed by atoms with Crippen LogP contribution < -0.4 is 10.3 Å². The number of carbonyl (C=O) groups is 1. The fourth-order valence-electron chi connectivity index (χ4n) is 3.39. The summed E-state index contributed by atoms with van der Waals surface area (Å²) in [5.41, 5.74) is 2.89. The molecule has 168 valence electrons. The number of guanidine groups is 1. The van der Waals surface area contributed by atoms with Crippen molar-refractivity contribution in [1.29, 1.82) is 0 Å². The number of piperazine rings is 1. The largest absolute Gasteiger partial charge is 0.433 e. The molecule has 0 aliphatic carbocycles. The summed E-state index contributed by atoms with van der Waals surface area (Å²) >= 11 is 0. The summed E-state index contributed by atoms with van der Waals surface area (Å²) in [4.78, 5) is 27.5. The molecule has 1 aromatic heterocycles. The van der Waals surface area contributed by atoms with Crippen LogP contribution in [0.2, 0.25) is 0 Å². The van der Waals surface area contributed by atoms with E-state index in [2.05, 4.69) is 14.9 Å². The molecule has 32 heavy (non-hydrogen) atoms. The number of furan rings is 1. The number of hydrogen-bond acceptors (Lipinski definition) is 9. The van der Waals surface area contributed by atoms with E-state index in [4.69, 9.17) is 4.42 Å².